The molecule has 1 saturated heterocycles. The Morgan fingerprint density at radius 2 is 1.76 bits per heavy atom. The molecular weight excluding hydrogens is 366 g/mol. The first-order valence-corrected chi connectivity index (χ1v) is 9.86. The molecule has 1 fully saturated rings. The highest BCUT2D eigenvalue weighted by Gasteiger charge is 2.34. The van der Waals surface area contributed by atoms with Crippen molar-refractivity contribution in [3.8, 4) is 0 Å². The van der Waals surface area contributed by atoms with Gasteiger partial charge in [-0.25, -0.2) is 0 Å². The lowest BCUT2D eigenvalue weighted by Gasteiger charge is -2.21. The molecule has 29 heavy (non-hydrogen) atoms. The number of hydrogen-bond acceptors (Lipinski definition) is 3. The van der Waals surface area contributed by atoms with Crippen LogP contribution in [-0.4, -0.2) is 42.3 Å². The van der Waals surface area contributed by atoms with Crippen LogP contribution in [0.25, 0.3) is 0 Å². The van der Waals surface area contributed by atoms with Crippen LogP contribution >= 0.6 is 0 Å². The number of amides is 3. The van der Waals surface area contributed by atoms with Gasteiger partial charge in [0, 0.05) is 43.9 Å². The van der Waals surface area contributed by atoms with Crippen LogP contribution in [0.2, 0.25) is 0 Å². The molecule has 0 spiro atoms. The van der Waals surface area contributed by atoms with Gasteiger partial charge in [-0.1, -0.05) is 30.3 Å². The van der Waals surface area contributed by atoms with Crippen molar-refractivity contribution in [1.29, 1.82) is 0 Å². The maximum absolute atomic E-state index is 12.5. The van der Waals surface area contributed by atoms with Gasteiger partial charge in [0.1, 0.15) is 0 Å². The summed E-state index contributed by atoms with van der Waals surface area (Å²) in [5.74, 6) is -0.547. The minimum Gasteiger partial charge on any atom is -0.352 e. The Balaban J connectivity index is 1.54. The summed E-state index contributed by atoms with van der Waals surface area (Å²) in [6.07, 6.45) is 0.218. The fourth-order valence-corrected chi connectivity index (χ4v) is 3.28. The van der Waals surface area contributed by atoms with E-state index in [1.165, 1.54) is 0 Å². The van der Waals surface area contributed by atoms with Crippen LogP contribution in [0.4, 0.5) is 5.69 Å². The van der Waals surface area contributed by atoms with E-state index in [1.54, 1.807) is 29.0 Å². The van der Waals surface area contributed by atoms with Gasteiger partial charge in [0.25, 0.3) is 5.91 Å². The van der Waals surface area contributed by atoms with E-state index < -0.39 is 0 Å². The molecule has 1 heterocycles. The maximum Gasteiger partial charge on any atom is 0.253 e. The molecule has 1 aliphatic heterocycles. The van der Waals surface area contributed by atoms with E-state index in [9.17, 15) is 14.4 Å². The summed E-state index contributed by atoms with van der Waals surface area (Å²) in [6, 6.07) is 16.8. The Morgan fingerprint density at radius 3 is 2.38 bits per heavy atom. The van der Waals surface area contributed by atoms with E-state index in [0.717, 1.165) is 11.3 Å². The number of nitrogens with zero attached hydrogens (tertiary/aromatic N) is 2. The first-order chi connectivity index (χ1) is 13.9. The molecular formula is C23H27N3O3. The second kappa shape index (κ2) is 8.90. The lowest BCUT2D eigenvalue weighted by Crippen LogP contribution is -2.33. The van der Waals surface area contributed by atoms with Crippen molar-refractivity contribution in [3.05, 3.63) is 65.7 Å². The lowest BCUT2D eigenvalue weighted by atomic mass is 10.1. The summed E-state index contributed by atoms with van der Waals surface area (Å²) in [6.45, 7) is 4.69. The number of benzene rings is 2. The van der Waals surface area contributed by atoms with Crippen molar-refractivity contribution < 1.29 is 14.4 Å². The molecule has 152 valence electrons. The summed E-state index contributed by atoms with van der Waals surface area (Å²) in [5, 5.41) is 2.91. The first kappa shape index (κ1) is 20.6. The highest BCUT2D eigenvalue weighted by atomic mass is 16.2. The molecule has 0 bridgehead atoms. The molecule has 3 rings (SSSR count). The molecule has 2 aromatic carbocycles. The van der Waals surface area contributed by atoms with E-state index in [4.69, 9.17) is 0 Å². The summed E-state index contributed by atoms with van der Waals surface area (Å²) >= 11 is 0. The van der Waals surface area contributed by atoms with Gasteiger partial charge in [0.05, 0.1) is 5.92 Å². The smallest absolute Gasteiger partial charge is 0.253 e. The number of carbonyl (C=O) groups is 3. The van der Waals surface area contributed by atoms with Gasteiger partial charge in [-0.15, -0.1) is 0 Å². The summed E-state index contributed by atoms with van der Waals surface area (Å²) in [7, 11) is 1.78. The van der Waals surface area contributed by atoms with Crippen LogP contribution in [0.5, 0.6) is 0 Å². The van der Waals surface area contributed by atoms with Crippen molar-refractivity contribution in [2.45, 2.75) is 32.9 Å². The van der Waals surface area contributed by atoms with Gasteiger partial charge in [-0.2, -0.15) is 0 Å². The van der Waals surface area contributed by atoms with Gasteiger partial charge >= 0.3 is 0 Å². The van der Waals surface area contributed by atoms with Gasteiger partial charge in [0.2, 0.25) is 11.8 Å². The molecule has 1 N–H and O–H groups in total. The Morgan fingerprint density at radius 1 is 1.10 bits per heavy atom. The average Bonchev–Trinajstić information content (AvgIpc) is 3.13. The molecule has 6 heteroatoms. The zero-order valence-electron chi connectivity index (χ0n) is 17.1. The number of para-hydroxylation sites is 1. The van der Waals surface area contributed by atoms with Crippen LogP contribution in [0.15, 0.2) is 54.6 Å². The summed E-state index contributed by atoms with van der Waals surface area (Å²) in [5.41, 5.74) is 2.35. The molecule has 0 saturated carbocycles. The van der Waals surface area contributed by atoms with E-state index >= 15 is 0 Å². The fraction of sp³-hybridized carbons (Fsp3) is 0.348. The second-order valence-corrected chi connectivity index (χ2v) is 7.67. The minimum absolute atomic E-state index is 0.0268. The van der Waals surface area contributed by atoms with Crippen molar-refractivity contribution in [3.63, 3.8) is 0 Å². The fourth-order valence-electron chi connectivity index (χ4n) is 3.28. The molecule has 1 aliphatic rings. The second-order valence-electron chi connectivity index (χ2n) is 7.67. The number of carbonyl (C=O) groups excluding carboxylic acids is 3. The standard InChI is InChI=1S/C23H27N3O3/c1-16(2)25(3)23(29)18-11-9-17(10-12-18)14-24-22(28)19-13-21(27)26(15-19)20-7-5-4-6-8-20/h4-12,16,19H,13-15H2,1-3H3,(H,24,28). The third-order valence-corrected chi connectivity index (χ3v) is 5.33. The lowest BCUT2D eigenvalue weighted by molar-refractivity contribution is -0.126. The number of anilines is 1. The third-order valence-electron chi connectivity index (χ3n) is 5.33. The van der Waals surface area contributed by atoms with Crippen molar-refractivity contribution >= 4 is 23.4 Å². The molecule has 0 aromatic heterocycles. The van der Waals surface area contributed by atoms with Gasteiger partial charge in [0.15, 0.2) is 0 Å². The highest BCUT2D eigenvalue weighted by Crippen LogP contribution is 2.25. The van der Waals surface area contributed by atoms with Gasteiger partial charge in [-0.3, -0.25) is 14.4 Å². The molecule has 1 atom stereocenters. The summed E-state index contributed by atoms with van der Waals surface area (Å²) in [4.78, 5) is 40.5. The van der Waals surface area contributed by atoms with Gasteiger partial charge < -0.3 is 15.1 Å². The number of hydrogen-bond donors (Lipinski definition) is 1. The molecule has 0 aliphatic carbocycles. The van der Waals surface area contributed by atoms with E-state index in [-0.39, 0.29) is 36.1 Å². The third kappa shape index (κ3) is 4.83. The molecule has 1 unspecified atom stereocenters. The van der Waals surface area contributed by atoms with E-state index in [1.807, 2.05) is 56.3 Å². The first-order valence-electron chi connectivity index (χ1n) is 9.86. The predicted octanol–water partition coefficient (Wildman–Crippen LogP) is 2.84. The number of nitrogens with one attached hydrogen (secondary N) is 1. The molecule has 6 nitrogen and oxygen atoms in total. The predicted molar refractivity (Wildman–Crippen MR) is 112 cm³/mol. The molecule has 2 aromatic rings. The topological polar surface area (TPSA) is 69.7 Å². The zero-order chi connectivity index (χ0) is 21.0. The van der Waals surface area contributed by atoms with Crippen LogP contribution in [0.3, 0.4) is 0 Å². The average molecular weight is 393 g/mol. The summed E-state index contributed by atoms with van der Waals surface area (Å²) < 4.78 is 0. The minimum atomic E-state index is -0.358. The van der Waals surface area contributed by atoms with Crippen LogP contribution in [-0.2, 0) is 16.1 Å². The monoisotopic (exact) mass is 393 g/mol. The van der Waals surface area contributed by atoms with E-state index in [2.05, 4.69) is 5.32 Å². The van der Waals surface area contributed by atoms with Crippen LogP contribution in [0.1, 0.15) is 36.2 Å². The van der Waals surface area contributed by atoms with Gasteiger partial charge in [-0.05, 0) is 43.7 Å². The van der Waals surface area contributed by atoms with Crippen LogP contribution < -0.4 is 10.2 Å². The Bertz CT molecular complexity index is 878. The zero-order valence-corrected chi connectivity index (χ0v) is 17.1. The van der Waals surface area contributed by atoms with E-state index in [0.29, 0.717) is 18.7 Å². The quantitative estimate of drug-likeness (QED) is 0.820. The normalized spacial score (nSPS) is 16.2. The van der Waals surface area contributed by atoms with Crippen molar-refractivity contribution in [1.82, 2.24) is 10.2 Å². The largest absolute Gasteiger partial charge is 0.352 e. The Labute approximate surface area is 171 Å². The maximum atomic E-state index is 12.5. The SMILES string of the molecule is CC(C)N(C)C(=O)c1ccc(CNC(=O)C2CC(=O)N(c3ccccc3)C2)cc1. The molecule has 0 radical (unpaired) electrons. The highest BCUT2D eigenvalue weighted by molar-refractivity contribution is 6.00. The van der Waals surface area contributed by atoms with Crippen molar-refractivity contribution in [2.24, 2.45) is 5.92 Å². The van der Waals surface area contributed by atoms with Crippen LogP contribution in [0, 0.1) is 5.92 Å². The van der Waals surface area contributed by atoms with Crippen molar-refractivity contribution in [2.75, 3.05) is 18.5 Å². The molecule has 3 amide bonds. The Kier molecular flexibility index (Phi) is 6.32. The number of rotatable bonds is 6. The Hall–Kier alpha value is -3.15.